The number of aromatic amines is 1. The van der Waals surface area contributed by atoms with Crippen molar-refractivity contribution in [3.8, 4) is 28.0 Å². The minimum atomic E-state index is -0.478. The van der Waals surface area contributed by atoms with Crippen LogP contribution in [0.5, 0.6) is 5.75 Å². The summed E-state index contributed by atoms with van der Waals surface area (Å²) < 4.78 is 26.5. The summed E-state index contributed by atoms with van der Waals surface area (Å²) in [4.78, 5) is 24.6. The van der Waals surface area contributed by atoms with Crippen LogP contribution in [0.15, 0.2) is 54.9 Å². The van der Waals surface area contributed by atoms with Crippen LogP contribution in [0, 0.1) is 5.82 Å². The second-order valence-electron chi connectivity index (χ2n) is 9.48. The molecular formula is C29H32FN5O3. The number of nitrogens with one attached hydrogen (secondary N) is 2. The smallest absolute Gasteiger partial charge is 0.255 e. The lowest BCUT2D eigenvalue weighted by Crippen LogP contribution is -2.39. The van der Waals surface area contributed by atoms with E-state index in [0.717, 1.165) is 41.9 Å². The van der Waals surface area contributed by atoms with Crippen LogP contribution in [-0.4, -0.2) is 86.3 Å². The molecule has 2 aromatic carbocycles. The number of benzene rings is 2. The molecule has 0 unspecified atom stereocenters. The lowest BCUT2D eigenvalue weighted by atomic mass is 9.99. The Morgan fingerprint density at radius 3 is 2.71 bits per heavy atom. The van der Waals surface area contributed by atoms with E-state index in [9.17, 15) is 4.79 Å². The van der Waals surface area contributed by atoms with Crippen LogP contribution >= 0.6 is 0 Å². The Bertz CT molecular complexity index is 1450. The van der Waals surface area contributed by atoms with Gasteiger partial charge in [-0.1, -0.05) is 18.2 Å². The van der Waals surface area contributed by atoms with Gasteiger partial charge in [-0.05, 0) is 29.8 Å². The van der Waals surface area contributed by atoms with E-state index >= 15 is 4.39 Å². The molecule has 5 rings (SSSR count). The standard InChI is InChI=1S/C29H32FN5O3/c1-34(2)29(36)23-14-19(16-25(30)27(23)31-8-9-35-10-12-38-13-11-35)20-15-22-24(18-33-28(22)32-17-20)21-6-4-5-7-26(21)37-3/h4-7,14-18,31H,8-13H2,1-3H3,(H,32,33). The molecule has 1 saturated heterocycles. The van der Waals surface area contributed by atoms with Crippen LogP contribution in [0.3, 0.4) is 0 Å². The summed E-state index contributed by atoms with van der Waals surface area (Å²) in [5, 5.41) is 4.05. The van der Waals surface area contributed by atoms with Gasteiger partial charge in [0, 0.05) is 74.7 Å². The summed E-state index contributed by atoms with van der Waals surface area (Å²) in [6.07, 6.45) is 3.58. The fraction of sp³-hybridized carbons (Fsp3) is 0.310. The molecule has 0 spiro atoms. The van der Waals surface area contributed by atoms with Crippen molar-refractivity contribution in [2.45, 2.75) is 0 Å². The molecule has 198 valence electrons. The number of rotatable bonds is 8. The van der Waals surface area contributed by atoms with Crippen molar-refractivity contribution in [3.05, 3.63) is 66.2 Å². The van der Waals surface area contributed by atoms with E-state index in [1.807, 2.05) is 36.5 Å². The molecule has 3 heterocycles. The van der Waals surface area contributed by atoms with Gasteiger partial charge in [-0.3, -0.25) is 9.69 Å². The molecule has 0 saturated carbocycles. The molecule has 9 heteroatoms. The van der Waals surface area contributed by atoms with E-state index in [0.29, 0.717) is 36.5 Å². The molecule has 4 aromatic rings. The van der Waals surface area contributed by atoms with E-state index in [1.54, 1.807) is 33.5 Å². The van der Waals surface area contributed by atoms with Crippen LogP contribution in [0.25, 0.3) is 33.3 Å². The number of anilines is 1. The third-order valence-electron chi connectivity index (χ3n) is 6.82. The van der Waals surface area contributed by atoms with Gasteiger partial charge in [-0.15, -0.1) is 0 Å². The highest BCUT2D eigenvalue weighted by atomic mass is 19.1. The number of aromatic nitrogens is 2. The van der Waals surface area contributed by atoms with Crippen molar-refractivity contribution in [3.63, 3.8) is 0 Å². The van der Waals surface area contributed by atoms with Gasteiger partial charge in [0.15, 0.2) is 0 Å². The molecule has 1 aliphatic rings. The SMILES string of the molecule is COc1ccccc1-c1c[nH]c2ncc(-c3cc(F)c(NCCN4CCOCC4)c(C(=O)N(C)C)c3)cc12. The Kier molecular flexibility index (Phi) is 7.57. The quantitative estimate of drug-likeness (QED) is 0.358. The van der Waals surface area contributed by atoms with Gasteiger partial charge < -0.3 is 24.7 Å². The zero-order valence-electron chi connectivity index (χ0n) is 21.9. The minimum absolute atomic E-state index is 0.214. The number of nitrogens with zero attached hydrogens (tertiary/aromatic N) is 3. The van der Waals surface area contributed by atoms with Crippen molar-refractivity contribution < 1.29 is 18.7 Å². The Labute approximate surface area is 221 Å². The Hall–Kier alpha value is -3.95. The predicted molar refractivity (Wildman–Crippen MR) is 147 cm³/mol. The number of ether oxygens (including phenoxy) is 2. The first-order chi connectivity index (χ1) is 18.5. The molecule has 2 N–H and O–H groups in total. The summed E-state index contributed by atoms with van der Waals surface area (Å²) in [5.74, 6) is -0.00460. The van der Waals surface area contributed by atoms with Crippen LogP contribution in [0.2, 0.25) is 0 Å². The largest absolute Gasteiger partial charge is 0.496 e. The second-order valence-corrected chi connectivity index (χ2v) is 9.48. The van der Waals surface area contributed by atoms with Gasteiger partial charge in [-0.2, -0.15) is 0 Å². The average molecular weight is 518 g/mol. The lowest BCUT2D eigenvalue weighted by Gasteiger charge is -2.27. The molecule has 0 atom stereocenters. The topological polar surface area (TPSA) is 82.7 Å². The van der Waals surface area contributed by atoms with Crippen molar-refractivity contribution in [2.75, 3.05) is 65.9 Å². The Morgan fingerprint density at radius 1 is 1.16 bits per heavy atom. The zero-order chi connectivity index (χ0) is 26.6. The average Bonchev–Trinajstić information content (AvgIpc) is 3.37. The maximum atomic E-state index is 15.6. The van der Waals surface area contributed by atoms with Gasteiger partial charge in [0.1, 0.15) is 17.2 Å². The number of methoxy groups -OCH3 is 1. The van der Waals surface area contributed by atoms with Crippen molar-refractivity contribution in [1.29, 1.82) is 0 Å². The first-order valence-electron chi connectivity index (χ1n) is 12.7. The third-order valence-corrected chi connectivity index (χ3v) is 6.82. The number of hydrogen-bond acceptors (Lipinski definition) is 6. The predicted octanol–water partition coefficient (Wildman–Crippen LogP) is 4.49. The van der Waals surface area contributed by atoms with Crippen molar-refractivity contribution in [1.82, 2.24) is 19.8 Å². The van der Waals surface area contributed by atoms with Crippen LogP contribution in [0.1, 0.15) is 10.4 Å². The highest BCUT2D eigenvalue weighted by molar-refractivity contribution is 6.02. The third kappa shape index (κ3) is 5.20. The summed E-state index contributed by atoms with van der Waals surface area (Å²) in [6.45, 7) is 4.34. The lowest BCUT2D eigenvalue weighted by molar-refractivity contribution is 0.0398. The van der Waals surface area contributed by atoms with E-state index in [2.05, 4.69) is 20.2 Å². The number of carbonyl (C=O) groups is 1. The number of morpholine rings is 1. The second kappa shape index (κ2) is 11.2. The molecule has 8 nitrogen and oxygen atoms in total. The number of para-hydroxylation sites is 1. The molecule has 2 aromatic heterocycles. The Morgan fingerprint density at radius 2 is 1.95 bits per heavy atom. The molecule has 0 bridgehead atoms. The number of hydrogen-bond donors (Lipinski definition) is 2. The first kappa shape index (κ1) is 25.7. The van der Waals surface area contributed by atoms with Crippen molar-refractivity contribution >= 4 is 22.6 Å². The number of pyridine rings is 1. The van der Waals surface area contributed by atoms with E-state index in [-0.39, 0.29) is 17.2 Å². The summed E-state index contributed by atoms with van der Waals surface area (Å²) in [5.41, 5.74) is 4.35. The zero-order valence-corrected chi connectivity index (χ0v) is 21.9. The minimum Gasteiger partial charge on any atom is -0.496 e. The molecular weight excluding hydrogens is 485 g/mol. The molecule has 1 amide bonds. The number of carbonyl (C=O) groups excluding carboxylic acids is 1. The number of fused-ring (bicyclic) bond motifs is 1. The van der Waals surface area contributed by atoms with Gasteiger partial charge in [0.25, 0.3) is 5.91 Å². The summed E-state index contributed by atoms with van der Waals surface area (Å²) in [7, 11) is 4.97. The summed E-state index contributed by atoms with van der Waals surface area (Å²) in [6, 6.07) is 12.9. The van der Waals surface area contributed by atoms with Gasteiger partial charge in [0.2, 0.25) is 0 Å². The molecule has 1 aliphatic heterocycles. The maximum absolute atomic E-state index is 15.6. The van der Waals surface area contributed by atoms with Gasteiger partial charge in [-0.25, -0.2) is 9.37 Å². The van der Waals surface area contributed by atoms with E-state index in [4.69, 9.17) is 9.47 Å². The first-order valence-corrected chi connectivity index (χ1v) is 12.7. The number of H-pyrrole nitrogens is 1. The normalized spacial score (nSPS) is 14.0. The maximum Gasteiger partial charge on any atom is 0.255 e. The molecule has 38 heavy (non-hydrogen) atoms. The highest BCUT2D eigenvalue weighted by Gasteiger charge is 2.21. The number of amides is 1. The molecule has 0 aliphatic carbocycles. The molecule has 1 fully saturated rings. The fourth-order valence-corrected chi connectivity index (χ4v) is 4.78. The monoisotopic (exact) mass is 517 g/mol. The van der Waals surface area contributed by atoms with Gasteiger partial charge in [0.05, 0.1) is 31.6 Å². The number of halogens is 1. The van der Waals surface area contributed by atoms with Crippen LogP contribution in [0.4, 0.5) is 10.1 Å². The van der Waals surface area contributed by atoms with Crippen molar-refractivity contribution in [2.24, 2.45) is 0 Å². The molecule has 0 radical (unpaired) electrons. The van der Waals surface area contributed by atoms with E-state index < -0.39 is 5.82 Å². The summed E-state index contributed by atoms with van der Waals surface area (Å²) >= 11 is 0. The van der Waals surface area contributed by atoms with Crippen LogP contribution in [-0.2, 0) is 4.74 Å². The van der Waals surface area contributed by atoms with Gasteiger partial charge >= 0.3 is 0 Å². The Balaban J connectivity index is 1.50. The fourth-order valence-electron chi connectivity index (χ4n) is 4.78. The van der Waals surface area contributed by atoms with Crippen LogP contribution < -0.4 is 10.1 Å². The highest BCUT2D eigenvalue weighted by Crippen LogP contribution is 2.37. The van der Waals surface area contributed by atoms with E-state index in [1.165, 1.54) is 11.0 Å².